The number of aryl methyl sites for hydroxylation is 1. The highest BCUT2D eigenvalue weighted by atomic mass is 16.5. The van der Waals surface area contributed by atoms with Crippen LogP contribution in [0.25, 0.3) is 0 Å². The molecule has 0 bridgehead atoms. The fraction of sp³-hybridized carbons (Fsp3) is 0.632. The van der Waals surface area contributed by atoms with Crippen LogP contribution in [0, 0.1) is 0 Å². The van der Waals surface area contributed by atoms with Crippen LogP contribution in [-0.2, 0) is 22.5 Å². The summed E-state index contributed by atoms with van der Waals surface area (Å²) in [4.78, 5) is 25.0. The minimum Gasteiger partial charge on any atom is -0.443 e. The van der Waals surface area contributed by atoms with Gasteiger partial charge in [-0.3, -0.25) is 0 Å². The number of pyridine rings is 1. The molecule has 0 saturated carbocycles. The third kappa shape index (κ3) is 11.1. The number of nitrogens with one attached hydrogen (secondary N) is 1. The zero-order valence-corrected chi connectivity index (χ0v) is 15.2. The molecule has 1 heterocycles. The number of aromatic nitrogens is 1. The van der Waals surface area contributed by atoms with E-state index >= 15 is 0 Å². The molecule has 6 nitrogen and oxygen atoms in total. The summed E-state index contributed by atoms with van der Waals surface area (Å²) >= 11 is 0. The number of amides is 1. The number of unbranched alkanes of at least 4 members (excludes halogenated alkanes) is 4. The summed E-state index contributed by atoms with van der Waals surface area (Å²) in [6.45, 7) is 4.35. The molecule has 6 heteroatoms. The molecule has 138 valence electrons. The predicted molar refractivity (Wildman–Crippen MR) is 96.1 cm³/mol. The molecule has 25 heavy (non-hydrogen) atoms. The number of rotatable bonds is 13. The number of carbonyl (C=O) groups excluding carboxylic acids is 2. The van der Waals surface area contributed by atoms with E-state index in [2.05, 4.69) is 34.1 Å². The Balaban J connectivity index is 2.07. The van der Waals surface area contributed by atoms with E-state index in [1.165, 1.54) is 24.5 Å². The molecule has 1 aromatic rings. The van der Waals surface area contributed by atoms with Crippen LogP contribution in [0.2, 0.25) is 0 Å². The first kappa shape index (κ1) is 20.8. The molecule has 0 aliphatic heterocycles. The first-order valence-corrected chi connectivity index (χ1v) is 9.18. The molecule has 1 rings (SSSR count). The molecule has 0 radical (unpaired) electrons. The summed E-state index contributed by atoms with van der Waals surface area (Å²) in [5.74, 6) is 0. The fourth-order valence-electron chi connectivity index (χ4n) is 2.44. The standard InChI is InChI=1S/C19H29N3O3/c1-2-3-9-18-10-8-13-22(16-18)14-15-25-19(24)21-12-7-5-4-6-11-20-17-23/h8,10,13,16H,2-7,9,11-12,14-15H2,1H3/p+1. The second kappa shape index (κ2) is 14.2. The molecule has 1 aromatic heterocycles. The lowest BCUT2D eigenvalue weighted by atomic mass is 10.1. The predicted octanol–water partition coefficient (Wildman–Crippen LogP) is 2.94. The van der Waals surface area contributed by atoms with Crippen molar-refractivity contribution in [2.24, 2.45) is 4.99 Å². The normalized spacial score (nSPS) is 10.1. The zero-order chi connectivity index (χ0) is 18.2. The molecule has 0 fully saturated rings. The molecule has 1 N–H and O–H groups in total. The van der Waals surface area contributed by atoms with Crippen LogP contribution in [0.1, 0.15) is 51.0 Å². The van der Waals surface area contributed by atoms with E-state index < -0.39 is 0 Å². The van der Waals surface area contributed by atoms with Crippen molar-refractivity contribution in [1.29, 1.82) is 0 Å². The van der Waals surface area contributed by atoms with Crippen molar-refractivity contribution in [3.8, 4) is 0 Å². The Morgan fingerprint density at radius 2 is 2.12 bits per heavy atom. The highest BCUT2D eigenvalue weighted by Gasteiger charge is 2.06. The van der Waals surface area contributed by atoms with Crippen LogP contribution in [0.4, 0.5) is 4.79 Å². The average Bonchev–Trinajstić information content (AvgIpc) is 2.62. The number of hydrogen-bond acceptors (Lipinski definition) is 4. The summed E-state index contributed by atoms with van der Waals surface area (Å²) in [5, 5.41) is 2.75. The molecular formula is C19H30N3O3+. The van der Waals surface area contributed by atoms with Crippen molar-refractivity contribution in [3.63, 3.8) is 0 Å². The zero-order valence-electron chi connectivity index (χ0n) is 15.2. The van der Waals surface area contributed by atoms with Crippen molar-refractivity contribution in [1.82, 2.24) is 5.32 Å². The molecule has 0 aromatic carbocycles. The highest BCUT2D eigenvalue weighted by molar-refractivity contribution is 5.66. The molecule has 0 unspecified atom stereocenters. The van der Waals surface area contributed by atoms with Crippen molar-refractivity contribution < 1.29 is 18.9 Å². The van der Waals surface area contributed by atoms with Gasteiger partial charge >= 0.3 is 6.09 Å². The number of carbonyl (C=O) groups is 1. The first-order valence-electron chi connectivity index (χ1n) is 9.18. The lowest BCUT2D eigenvalue weighted by molar-refractivity contribution is -0.698. The van der Waals surface area contributed by atoms with Gasteiger partial charge in [-0.2, -0.15) is 0 Å². The molecule has 0 atom stereocenters. The van der Waals surface area contributed by atoms with Crippen molar-refractivity contribution in [2.75, 3.05) is 19.7 Å². The van der Waals surface area contributed by atoms with Gasteiger partial charge < -0.3 is 10.1 Å². The second-order valence-electron chi connectivity index (χ2n) is 6.00. The van der Waals surface area contributed by atoms with Crippen molar-refractivity contribution >= 4 is 12.2 Å². The van der Waals surface area contributed by atoms with Crippen LogP contribution in [-0.4, -0.2) is 31.9 Å². The maximum atomic E-state index is 11.6. The monoisotopic (exact) mass is 348 g/mol. The number of ether oxygens (including phenoxy) is 1. The largest absolute Gasteiger partial charge is 0.443 e. The smallest absolute Gasteiger partial charge is 0.407 e. The Labute approximate surface area is 150 Å². The minimum atomic E-state index is -0.367. The van der Waals surface area contributed by atoms with E-state index in [0.717, 1.165) is 32.1 Å². The maximum Gasteiger partial charge on any atom is 0.407 e. The van der Waals surface area contributed by atoms with Crippen LogP contribution >= 0.6 is 0 Å². The summed E-state index contributed by atoms with van der Waals surface area (Å²) in [6.07, 6.45) is 12.5. The summed E-state index contributed by atoms with van der Waals surface area (Å²) in [6, 6.07) is 4.16. The van der Waals surface area contributed by atoms with Crippen LogP contribution in [0.5, 0.6) is 0 Å². The Bertz CT molecular complexity index is 542. The Morgan fingerprint density at radius 3 is 2.92 bits per heavy atom. The topological polar surface area (TPSA) is 71.6 Å². The molecule has 0 aliphatic carbocycles. The van der Waals surface area contributed by atoms with E-state index in [1.54, 1.807) is 0 Å². The SMILES string of the molecule is CCCCc1ccc[n+](CCOC(=O)NCCCCCCN=C=O)c1. The van der Waals surface area contributed by atoms with E-state index in [4.69, 9.17) is 4.74 Å². The van der Waals surface area contributed by atoms with Gasteiger partial charge in [0.2, 0.25) is 6.08 Å². The number of nitrogens with zero attached hydrogens (tertiary/aromatic N) is 2. The van der Waals surface area contributed by atoms with Gasteiger partial charge in [-0.05, 0) is 31.7 Å². The van der Waals surface area contributed by atoms with Crippen molar-refractivity contribution in [2.45, 2.75) is 58.4 Å². The lowest BCUT2D eigenvalue weighted by Gasteiger charge is -2.06. The van der Waals surface area contributed by atoms with E-state index in [1.807, 2.05) is 12.3 Å². The minimum absolute atomic E-state index is 0.359. The molecule has 0 saturated heterocycles. The fourth-order valence-corrected chi connectivity index (χ4v) is 2.44. The van der Waals surface area contributed by atoms with Crippen LogP contribution < -0.4 is 9.88 Å². The molecule has 1 amide bonds. The molecule has 0 spiro atoms. The Hall–Kier alpha value is -2.20. The number of alkyl carbamates (subject to hydrolysis) is 1. The quantitative estimate of drug-likeness (QED) is 0.258. The van der Waals surface area contributed by atoms with Crippen LogP contribution in [0.15, 0.2) is 29.5 Å². The number of hydrogen-bond donors (Lipinski definition) is 1. The maximum absolute atomic E-state index is 11.6. The number of isocyanates is 1. The third-order valence-corrected chi connectivity index (χ3v) is 3.85. The van der Waals surface area contributed by atoms with Crippen LogP contribution in [0.3, 0.4) is 0 Å². The van der Waals surface area contributed by atoms with E-state index in [0.29, 0.717) is 26.2 Å². The van der Waals surface area contributed by atoms with E-state index in [-0.39, 0.29) is 6.09 Å². The Morgan fingerprint density at radius 1 is 1.28 bits per heavy atom. The third-order valence-electron chi connectivity index (χ3n) is 3.85. The lowest BCUT2D eigenvalue weighted by Crippen LogP contribution is -2.37. The van der Waals surface area contributed by atoms with Crippen molar-refractivity contribution in [3.05, 3.63) is 30.1 Å². The van der Waals surface area contributed by atoms with Gasteiger partial charge in [0.25, 0.3) is 0 Å². The second-order valence-corrected chi connectivity index (χ2v) is 6.00. The first-order chi connectivity index (χ1) is 12.3. The summed E-state index contributed by atoms with van der Waals surface area (Å²) in [7, 11) is 0. The van der Waals surface area contributed by atoms with Gasteiger partial charge in [0.05, 0.1) is 6.54 Å². The van der Waals surface area contributed by atoms with Gasteiger partial charge in [0.15, 0.2) is 25.5 Å². The van der Waals surface area contributed by atoms with Gasteiger partial charge in [-0.15, -0.1) is 0 Å². The number of aliphatic imine (C=N–C) groups is 1. The van der Waals surface area contributed by atoms with Gasteiger partial charge in [0.1, 0.15) is 0 Å². The average molecular weight is 348 g/mol. The molecular weight excluding hydrogens is 318 g/mol. The Kier molecular flexibility index (Phi) is 11.8. The van der Waals surface area contributed by atoms with Gasteiger partial charge in [-0.25, -0.2) is 19.1 Å². The summed E-state index contributed by atoms with van der Waals surface area (Å²) in [5.41, 5.74) is 1.31. The van der Waals surface area contributed by atoms with E-state index in [9.17, 15) is 9.59 Å². The van der Waals surface area contributed by atoms with Gasteiger partial charge in [-0.1, -0.05) is 26.2 Å². The summed E-state index contributed by atoms with van der Waals surface area (Å²) < 4.78 is 7.25. The highest BCUT2D eigenvalue weighted by Crippen LogP contribution is 2.01. The van der Waals surface area contributed by atoms with Gasteiger partial charge in [0, 0.05) is 18.2 Å². The molecule has 0 aliphatic rings.